The Bertz CT molecular complexity index is 810. The maximum Gasteiger partial charge on any atom is 0.220 e. The van der Waals surface area contributed by atoms with Gasteiger partial charge in [-0.15, -0.1) is 0 Å². The van der Waals surface area contributed by atoms with Gasteiger partial charge in [-0.25, -0.2) is 0 Å². The molecule has 3 aromatic rings. The molecule has 0 unspecified atom stereocenters. The monoisotopic (exact) mass is 320 g/mol. The molecule has 2 aromatic heterocycles. The van der Waals surface area contributed by atoms with E-state index in [2.05, 4.69) is 29.4 Å². The van der Waals surface area contributed by atoms with Gasteiger partial charge in [-0.05, 0) is 42.2 Å². The van der Waals surface area contributed by atoms with E-state index in [1.165, 1.54) is 11.1 Å². The molecular formula is C20H20N2O2. The Morgan fingerprint density at radius 2 is 2.04 bits per heavy atom. The quantitative estimate of drug-likeness (QED) is 0.749. The summed E-state index contributed by atoms with van der Waals surface area (Å²) in [7, 11) is 0. The highest BCUT2D eigenvalue weighted by Crippen LogP contribution is 2.19. The predicted octanol–water partition coefficient (Wildman–Crippen LogP) is 3.90. The van der Waals surface area contributed by atoms with E-state index >= 15 is 0 Å². The van der Waals surface area contributed by atoms with Crippen molar-refractivity contribution in [3.8, 4) is 11.1 Å². The summed E-state index contributed by atoms with van der Waals surface area (Å²) in [6.45, 7) is 2.55. The Hall–Kier alpha value is -2.88. The van der Waals surface area contributed by atoms with E-state index in [4.69, 9.17) is 4.42 Å². The summed E-state index contributed by atoms with van der Waals surface area (Å²) in [5, 5.41) is 2.96. The first-order valence-corrected chi connectivity index (χ1v) is 8.00. The molecule has 0 fully saturated rings. The average molecular weight is 320 g/mol. The summed E-state index contributed by atoms with van der Waals surface area (Å²) < 4.78 is 5.09. The van der Waals surface area contributed by atoms with Crippen molar-refractivity contribution in [2.75, 3.05) is 0 Å². The number of carbonyl (C=O) groups is 1. The van der Waals surface area contributed by atoms with Crippen molar-refractivity contribution in [2.24, 2.45) is 0 Å². The number of hydrogen-bond donors (Lipinski definition) is 1. The van der Waals surface area contributed by atoms with Crippen LogP contribution in [0.4, 0.5) is 0 Å². The van der Waals surface area contributed by atoms with Crippen molar-refractivity contribution in [1.82, 2.24) is 10.3 Å². The van der Waals surface area contributed by atoms with Crippen molar-refractivity contribution >= 4 is 5.91 Å². The van der Waals surface area contributed by atoms with Crippen LogP contribution in [-0.2, 0) is 17.8 Å². The zero-order valence-electron chi connectivity index (χ0n) is 13.7. The van der Waals surface area contributed by atoms with Gasteiger partial charge in [0.1, 0.15) is 0 Å². The largest absolute Gasteiger partial charge is 0.472 e. The smallest absolute Gasteiger partial charge is 0.220 e. The van der Waals surface area contributed by atoms with Gasteiger partial charge in [0, 0.05) is 36.5 Å². The summed E-state index contributed by atoms with van der Waals surface area (Å²) >= 11 is 0. The predicted molar refractivity (Wildman–Crippen MR) is 93.3 cm³/mol. The average Bonchev–Trinajstić information content (AvgIpc) is 3.14. The van der Waals surface area contributed by atoms with E-state index < -0.39 is 0 Å². The van der Waals surface area contributed by atoms with Crippen LogP contribution in [0, 0.1) is 6.92 Å². The van der Waals surface area contributed by atoms with E-state index in [1.54, 1.807) is 24.9 Å². The highest BCUT2D eigenvalue weighted by Gasteiger charge is 2.06. The van der Waals surface area contributed by atoms with Crippen LogP contribution >= 0.6 is 0 Å². The zero-order valence-corrected chi connectivity index (χ0v) is 13.7. The van der Waals surface area contributed by atoms with Gasteiger partial charge < -0.3 is 9.73 Å². The van der Waals surface area contributed by atoms with Gasteiger partial charge in [0.05, 0.1) is 12.5 Å². The lowest BCUT2D eigenvalue weighted by Gasteiger charge is -2.08. The number of furan rings is 1. The summed E-state index contributed by atoms with van der Waals surface area (Å²) in [6.07, 6.45) is 8.11. The van der Waals surface area contributed by atoms with Crippen LogP contribution in [0.2, 0.25) is 0 Å². The third-order valence-corrected chi connectivity index (χ3v) is 4.02. The van der Waals surface area contributed by atoms with Gasteiger partial charge in [-0.1, -0.05) is 24.3 Å². The first-order valence-electron chi connectivity index (χ1n) is 8.00. The topological polar surface area (TPSA) is 55.1 Å². The molecule has 0 aliphatic rings. The molecule has 0 spiro atoms. The van der Waals surface area contributed by atoms with Gasteiger partial charge in [0.2, 0.25) is 5.91 Å². The molecule has 24 heavy (non-hydrogen) atoms. The Kier molecular flexibility index (Phi) is 5.06. The number of aromatic nitrogens is 1. The number of nitrogens with zero attached hydrogens (tertiary/aromatic N) is 1. The number of hydrogen-bond acceptors (Lipinski definition) is 3. The van der Waals surface area contributed by atoms with E-state index in [0.717, 1.165) is 23.1 Å². The van der Waals surface area contributed by atoms with Crippen LogP contribution in [0.1, 0.15) is 23.1 Å². The molecule has 1 amide bonds. The molecule has 0 saturated carbocycles. The molecule has 4 nitrogen and oxygen atoms in total. The van der Waals surface area contributed by atoms with Crippen LogP contribution in [0.15, 0.2) is 65.7 Å². The molecule has 122 valence electrons. The van der Waals surface area contributed by atoms with Crippen molar-refractivity contribution in [1.29, 1.82) is 0 Å². The number of carbonyl (C=O) groups excluding carboxylic acids is 1. The minimum Gasteiger partial charge on any atom is -0.472 e. The van der Waals surface area contributed by atoms with Crippen molar-refractivity contribution in [3.63, 3.8) is 0 Å². The molecule has 0 radical (unpaired) electrons. The second-order valence-electron chi connectivity index (χ2n) is 5.80. The molecule has 1 aromatic carbocycles. The van der Waals surface area contributed by atoms with Gasteiger partial charge in [0.25, 0.3) is 0 Å². The fourth-order valence-electron chi connectivity index (χ4n) is 2.60. The minimum absolute atomic E-state index is 0.0481. The molecule has 0 aliphatic heterocycles. The van der Waals surface area contributed by atoms with E-state index in [0.29, 0.717) is 13.0 Å². The maximum absolute atomic E-state index is 12.1. The lowest BCUT2D eigenvalue weighted by atomic mass is 10.0. The number of pyridine rings is 1. The molecule has 0 bridgehead atoms. The first kappa shape index (κ1) is 16.0. The van der Waals surface area contributed by atoms with Gasteiger partial charge in [-0.3, -0.25) is 9.78 Å². The Balaban J connectivity index is 1.53. The normalized spacial score (nSPS) is 10.5. The fourth-order valence-corrected chi connectivity index (χ4v) is 2.60. The summed E-state index contributed by atoms with van der Waals surface area (Å²) in [4.78, 5) is 16.3. The Morgan fingerprint density at radius 1 is 1.17 bits per heavy atom. The number of benzene rings is 1. The number of rotatable bonds is 6. The molecular weight excluding hydrogens is 300 g/mol. The second-order valence-corrected chi connectivity index (χ2v) is 5.80. The lowest BCUT2D eigenvalue weighted by Crippen LogP contribution is -2.23. The Morgan fingerprint density at radius 3 is 2.83 bits per heavy atom. The van der Waals surface area contributed by atoms with E-state index in [-0.39, 0.29) is 5.91 Å². The van der Waals surface area contributed by atoms with Crippen LogP contribution in [0.3, 0.4) is 0 Å². The highest BCUT2D eigenvalue weighted by molar-refractivity contribution is 5.76. The molecule has 4 heteroatoms. The van der Waals surface area contributed by atoms with Crippen LogP contribution in [-0.4, -0.2) is 10.9 Å². The van der Waals surface area contributed by atoms with Crippen LogP contribution in [0.5, 0.6) is 0 Å². The first-order chi connectivity index (χ1) is 11.7. The van der Waals surface area contributed by atoms with Crippen molar-refractivity contribution in [3.05, 3.63) is 78.0 Å². The maximum atomic E-state index is 12.1. The fraction of sp³-hybridized carbons (Fsp3) is 0.200. The SMILES string of the molecule is Cc1ccccc1CCC(=O)NCc1cncc(-c2ccoc2)c1. The third-order valence-electron chi connectivity index (χ3n) is 4.02. The van der Waals surface area contributed by atoms with Gasteiger partial charge in [-0.2, -0.15) is 0 Å². The van der Waals surface area contributed by atoms with Crippen LogP contribution in [0.25, 0.3) is 11.1 Å². The van der Waals surface area contributed by atoms with Crippen molar-refractivity contribution in [2.45, 2.75) is 26.3 Å². The van der Waals surface area contributed by atoms with Gasteiger partial charge >= 0.3 is 0 Å². The molecule has 0 aliphatic carbocycles. The van der Waals surface area contributed by atoms with E-state index in [9.17, 15) is 4.79 Å². The number of nitrogens with one attached hydrogen (secondary N) is 1. The lowest BCUT2D eigenvalue weighted by molar-refractivity contribution is -0.121. The Labute approximate surface area is 141 Å². The summed E-state index contributed by atoms with van der Waals surface area (Å²) in [5.74, 6) is 0.0481. The number of aryl methyl sites for hydroxylation is 2. The summed E-state index contributed by atoms with van der Waals surface area (Å²) in [6, 6.07) is 12.1. The second kappa shape index (κ2) is 7.59. The molecule has 0 atom stereocenters. The van der Waals surface area contributed by atoms with Crippen LogP contribution < -0.4 is 5.32 Å². The standard InChI is InChI=1S/C20H20N2O2/c1-15-4-2-3-5-17(15)6-7-20(23)22-12-16-10-19(13-21-11-16)18-8-9-24-14-18/h2-5,8-11,13-14H,6-7,12H2,1H3,(H,22,23). The third kappa shape index (κ3) is 4.10. The van der Waals surface area contributed by atoms with Gasteiger partial charge in [0.15, 0.2) is 0 Å². The van der Waals surface area contributed by atoms with E-state index in [1.807, 2.05) is 24.3 Å². The molecule has 1 N–H and O–H groups in total. The number of amides is 1. The van der Waals surface area contributed by atoms with Crippen molar-refractivity contribution < 1.29 is 9.21 Å². The molecule has 2 heterocycles. The molecule has 0 saturated heterocycles. The highest BCUT2D eigenvalue weighted by atomic mass is 16.3. The zero-order chi connectivity index (χ0) is 16.8. The summed E-state index contributed by atoms with van der Waals surface area (Å²) in [5.41, 5.74) is 5.38. The molecule has 3 rings (SSSR count). The minimum atomic E-state index is 0.0481.